The summed E-state index contributed by atoms with van der Waals surface area (Å²) in [5.41, 5.74) is 0. The molecule has 1 aromatic rings. The number of aliphatic hydroxyl groups is 1. The van der Waals surface area contributed by atoms with Gasteiger partial charge in [0, 0.05) is 40.5 Å². The Labute approximate surface area is 122 Å². The molecule has 3 nitrogen and oxygen atoms in total. The summed E-state index contributed by atoms with van der Waals surface area (Å²) in [5.74, 6) is 2.76. The molecule has 0 aromatic carbocycles. The highest BCUT2D eigenvalue weighted by atomic mass is 32.2. The summed E-state index contributed by atoms with van der Waals surface area (Å²) in [5, 5.41) is 11.7. The van der Waals surface area contributed by atoms with E-state index in [4.69, 9.17) is 5.11 Å². The van der Waals surface area contributed by atoms with Crippen molar-refractivity contribution in [3.63, 3.8) is 0 Å². The van der Waals surface area contributed by atoms with Crippen molar-refractivity contribution in [3.8, 4) is 0 Å². The van der Waals surface area contributed by atoms with Crippen LogP contribution in [0.1, 0.15) is 28.5 Å². The van der Waals surface area contributed by atoms with E-state index in [0.717, 1.165) is 30.9 Å². The van der Waals surface area contributed by atoms with E-state index in [-0.39, 0.29) is 18.4 Å². The molecule has 2 rings (SSSR count). The number of carbonyl (C=O) groups is 1. The third kappa shape index (κ3) is 4.51. The fraction of sp³-hybridized carbons (Fsp3) is 0.643. The fourth-order valence-electron chi connectivity index (χ4n) is 2.10. The van der Waals surface area contributed by atoms with Crippen LogP contribution in [0.25, 0.3) is 0 Å². The first kappa shape index (κ1) is 14.9. The molecule has 1 fully saturated rings. The molecule has 106 valence electrons. The highest BCUT2D eigenvalue weighted by Gasteiger charge is 2.44. The summed E-state index contributed by atoms with van der Waals surface area (Å²) >= 11 is 3.59. The maximum Gasteiger partial charge on any atom is 0.223 e. The second kappa shape index (κ2) is 7.31. The molecule has 2 N–H and O–H groups in total. The van der Waals surface area contributed by atoms with Gasteiger partial charge in [-0.1, -0.05) is 0 Å². The summed E-state index contributed by atoms with van der Waals surface area (Å²) < 4.78 is 0. The number of rotatable bonds is 8. The van der Waals surface area contributed by atoms with Gasteiger partial charge in [-0.3, -0.25) is 4.79 Å². The molecule has 0 aliphatic heterocycles. The van der Waals surface area contributed by atoms with Gasteiger partial charge in [0.05, 0.1) is 0 Å². The summed E-state index contributed by atoms with van der Waals surface area (Å²) in [6.07, 6.45) is 1.84. The van der Waals surface area contributed by atoms with Crippen LogP contribution in [0, 0.1) is 12.8 Å². The maximum atomic E-state index is 11.9. The van der Waals surface area contributed by atoms with Gasteiger partial charge < -0.3 is 10.4 Å². The standard InChI is InChI=1S/C14H21NO2S2/c1-10-3-4-13(19-10)11-9-12(11)14(17)15-5-8-18-7-2-6-16/h3-4,11-12,16H,2,5-9H2,1H3,(H,15,17). The summed E-state index contributed by atoms with van der Waals surface area (Å²) in [7, 11) is 0. The number of aliphatic hydroxyl groups excluding tert-OH is 1. The molecular formula is C14H21NO2S2. The molecule has 1 heterocycles. The number of hydrogen-bond donors (Lipinski definition) is 2. The zero-order chi connectivity index (χ0) is 13.7. The molecule has 1 aliphatic rings. The Morgan fingerprint density at radius 3 is 3.05 bits per heavy atom. The van der Waals surface area contributed by atoms with Crippen molar-refractivity contribution >= 4 is 29.0 Å². The monoisotopic (exact) mass is 299 g/mol. The number of hydrogen-bond acceptors (Lipinski definition) is 4. The van der Waals surface area contributed by atoms with Gasteiger partial charge in [0.15, 0.2) is 0 Å². The SMILES string of the molecule is Cc1ccc(C2CC2C(=O)NCCSCCCO)s1. The smallest absolute Gasteiger partial charge is 0.223 e. The number of amides is 1. The van der Waals surface area contributed by atoms with E-state index < -0.39 is 0 Å². The summed E-state index contributed by atoms with van der Waals surface area (Å²) in [4.78, 5) is 14.6. The molecule has 1 amide bonds. The number of aryl methyl sites for hydroxylation is 1. The van der Waals surface area contributed by atoms with Gasteiger partial charge in [-0.25, -0.2) is 0 Å². The molecule has 0 saturated heterocycles. The van der Waals surface area contributed by atoms with Crippen LogP contribution in [0.15, 0.2) is 12.1 Å². The minimum Gasteiger partial charge on any atom is -0.396 e. The maximum absolute atomic E-state index is 11.9. The minimum absolute atomic E-state index is 0.195. The first-order valence-corrected chi connectivity index (χ1v) is 8.72. The van der Waals surface area contributed by atoms with Crippen molar-refractivity contribution in [1.29, 1.82) is 0 Å². The van der Waals surface area contributed by atoms with E-state index in [0.29, 0.717) is 5.92 Å². The predicted octanol–water partition coefficient (Wildman–Crippen LogP) is 2.39. The van der Waals surface area contributed by atoms with Crippen molar-refractivity contribution in [2.24, 2.45) is 5.92 Å². The molecule has 2 atom stereocenters. The first-order chi connectivity index (χ1) is 9.22. The van der Waals surface area contributed by atoms with E-state index >= 15 is 0 Å². The summed E-state index contributed by atoms with van der Waals surface area (Å²) in [6, 6.07) is 4.29. The Morgan fingerprint density at radius 1 is 1.53 bits per heavy atom. The van der Waals surface area contributed by atoms with Crippen LogP contribution in [0.2, 0.25) is 0 Å². The van der Waals surface area contributed by atoms with Gasteiger partial charge >= 0.3 is 0 Å². The van der Waals surface area contributed by atoms with Gasteiger partial charge in [0.1, 0.15) is 0 Å². The average Bonchev–Trinajstić information content (AvgIpc) is 3.09. The highest BCUT2D eigenvalue weighted by Crippen LogP contribution is 2.49. The van der Waals surface area contributed by atoms with E-state index in [1.54, 1.807) is 11.8 Å². The first-order valence-electron chi connectivity index (χ1n) is 6.75. The van der Waals surface area contributed by atoms with Crippen LogP contribution in [0.3, 0.4) is 0 Å². The zero-order valence-corrected chi connectivity index (χ0v) is 12.9. The highest BCUT2D eigenvalue weighted by molar-refractivity contribution is 7.99. The third-order valence-electron chi connectivity index (χ3n) is 3.25. The van der Waals surface area contributed by atoms with Gasteiger partial charge in [-0.2, -0.15) is 11.8 Å². The molecule has 0 bridgehead atoms. The van der Waals surface area contributed by atoms with Crippen LogP contribution in [-0.2, 0) is 4.79 Å². The number of thioether (sulfide) groups is 1. The van der Waals surface area contributed by atoms with Crippen LogP contribution in [0.4, 0.5) is 0 Å². The van der Waals surface area contributed by atoms with E-state index in [9.17, 15) is 4.79 Å². The topological polar surface area (TPSA) is 49.3 Å². The lowest BCUT2D eigenvalue weighted by atomic mass is 10.2. The largest absolute Gasteiger partial charge is 0.396 e. The lowest BCUT2D eigenvalue weighted by Gasteiger charge is -2.04. The van der Waals surface area contributed by atoms with Crippen molar-refractivity contribution in [1.82, 2.24) is 5.32 Å². The van der Waals surface area contributed by atoms with Crippen LogP contribution >= 0.6 is 23.1 Å². The third-order valence-corrected chi connectivity index (χ3v) is 5.45. The molecule has 5 heteroatoms. The molecule has 1 aromatic heterocycles. The van der Waals surface area contributed by atoms with Crippen LogP contribution in [-0.4, -0.2) is 35.7 Å². The molecule has 0 spiro atoms. The second-order valence-corrected chi connectivity index (χ2v) is 7.42. The number of carbonyl (C=O) groups excluding carboxylic acids is 1. The number of nitrogens with one attached hydrogen (secondary N) is 1. The second-order valence-electron chi connectivity index (χ2n) is 4.88. The van der Waals surface area contributed by atoms with Crippen molar-refractivity contribution < 1.29 is 9.90 Å². The molecular weight excluding hydrogens is 278 g/mol. The fourth-order valence-corrected chi connectivity index (χ4v) is 3.94. The van der Waals surface area contributed by atoms with Crippen LogP contribution < -0.4 is 5.32 Å². The molecule has 0 radical (unpaired) electrons. The van der Waals surface area contributed by atoms with Gasteiger partial charge in [-0.05, 0) is 37.7 Å². The predicted molar refractivity (Wildman–Crippen MR) is 81.9 cm³/mol. The summed E-state index contributed by atoms with van der Waals surface area (Å²) in [6.45, 7) is 3.10. The van der Waals surface area contributed by atoms with Gasteiger partial charge in [-0.15, -0.1) is 11.3 Å². The van der Waals surface area contributed by atoms with E-state index in [2.05, 4.69) is 24.4 Å². The lowest BCUT2D eigenvalue weighted by Crippen LogP contribution is -2.27. The quantitative estimate of drug-likeness (QED) is 0.725. The Hall–Kier alpha value is -0.520. The average molecular weight is 299 g/mol. The van der Waals surface area contributed by atoms with Gasteiger partial charge in [0.2, 0.25) is 5.91 Å². The minimum atomic E-state index is 0.195. The Bertz CT molecular complexity index is 419. The normalized spacial score (nSPS) is 21.4. The Kier molecular flexibility index (Phi) is 5.73. The van der Waals surface area contributed by atoms with E-state index in [1.807, 2.05) is 11.3 Å². The lowest BCUT2D eigenvalue weighted by molar-refractivity contribution is -0.122. The Balaban J connectivity index is 1.61. The number of thiophene rings is 1. The zero-order valence-electron chi connectivity index (χ0n) is 11.2. The Morgan fingerprint density at radius 2 is 2.37 bits per heavy atom. The molecule has 2 unspecified atom stereocenters. The van der Waals surface area contributed by atoms with E-state index in [1.165, 1.54) is 9.75 Å². The van der Waals surface area contributed by atoms with Crippen molar-refractivity contribution in [2.75, 3.05) is 24.7 Å². The molecule has 1 aliphatic carbocycles. The van der Waals surface area contributed by atoms with Crippen LogP contribution in [0.5, 0.6) is 0 Å². The van der Waals surface area contributed by atoms with Crippen molar-refractivity contribution in [3.05, 3.63) is 21.9 Å². The van der Waals surface area contributed by atoms with Crippen molar-refractivity contribution in [2.45, 2.75) is 25.7 Å². The molecule has 19 heavy (non-hydrogen) atoms. The van der Waals surface area contributed by atoms with Gasteiger partial charge in [0.25, 0.3) is 0 Å². The molecule has 1 saturated carbocycles.